The minimum Gasteiger partial charge on any atom is -0.480 e. The SMILES string of the molecule is Cc1cccc(N2CCC(=O)NC(C(=O)O)C2)c1. The summed E-state index contributed by atoms with van der Waals surface area (Å²) in [6, 6.07) is 7.00. The van der Waals surface area contributed by atoms with Crippen molar-refractivity contribution in [3.8, 4) is 0 Å². The molecule has 1 aromatic rings. The van der Waals surface area contributed by atoms with Gasteiger partial charge in [-0.1, -0.05) is 12.1 Å². The Kier molecular flexibility index (Phi) is 3.50. The maximum absolute atomic E-state index is 11.4. The lowest BCUT2D eigenvalue weighted by Crippen LogP contribution is -2.45. The summed E-state index contributed by atoms with van der Waals surface area (Å²) in [5.74, 6) is -1.21. The van der Waals surface area contributed by atoms with Gasteiger partial charge in [0.25, 0.3) is 0 Å². The van der Waals surface area contributed by atoms with Gasteiger partial charge in [-0.05, 0) is 24.6 Å². The van der Waals surface area contributed by atoms with Gasteiger partial charge in [0.2, 0.25) is 5.91 Å². The van der Waals surface area contributed by atoms with Crippen LogP contribution in [0.5, 0.6) is 0 Å². The van der Waals surface area contributed by atoms with Gasteiger partial charge in [-0.3, -0.25) is 4.79 Å². The van der Waals surface area contributed by atoms with Crippen molar-refractivity contribution in [1.82, 2.24) is 5.32 Å². The third kappa shape index (κ3) is 2.80. The van der Waals surface area contributed by atoms with E-state index >= 15 is 0 Å². The summed E-state index contributed by atoms with van der Waals surface area (Å²) in [5, 5.41) is 11.6. The van der Waals surface area contributed by atoms with Crippen LogP contribution in [0.4, 0.5) is 5.69 Å². The fourth-order valence-corrected chi connectivity index (χ4v) is 2.06. The summed E-state index contributed by atoms with van der Waals surface area (Å²) in [6.07, 6.45) is 0.317. The van der Waals surface area contributed by atoms with Gasteiger partial charge in [-0.15, -0.1) is 0 Å². The minimum atomic E-state index is -0.997. The van der Waals surface area contributed by atoms with Crippen LogP contribution >= 0.6 is 0 Å². The van der Waals surface area contributed by atoms with Crippen molar-refractivity contribution >= 4 is 17.6 Å². The van der Waals surface area contributed by atoms with E-state index in [2.05, 4.69) is 5.32 Å². The number of benzene rings is 1. The van der Waals surface area contributed by atoms with Crippen molar-refractivity contribution in [2.45, 2.75) is 19.4 Å². The summed E-state index contributed by atoms with van der Waals surface area (Å²) >= 11 is 0. The van der Waals surface area contributed by atoms with E-state index < -0.39 is 12.0 Å². The van der Waals surface area contributed by atoms with E-state index in [-0.39, 0.29) is 5.91 Å². The molecule has 1 unspecified atom stereocenters. The molecule has 0 radical (unpaired) electrons. The van der Waals surface area contributed by atoms with Crippen LogP contribution in [0, 0.1) is 6.92 Å². The number of carboxylic acid groups (broad SMARTS) is 1. The van der Waals surface area contributed by atoms with E-state index in [1.807, 2.05) is 36.1 Å². The highest BCUT2D eigenvalue weighted by Gasteiger charge is 2.26. The first kappa shape index (κ1) is 12.4. The zero-order valence-corrected chi connectivity index (χ0v) is 10.2. The molecule has 1 aliphatic rings. The molecule has 0 aliphatic carbocycles. The molecule has 1 aliphatic heterocycles. The van der Waals surface area contributed by atoms with Gasteiger partial charge in [0, 0.05) is 25.2 Å². The van der Waals surface area contributed by atoms with Crippen molar-refractivity contribution in [1.29, 1.82) is 0 Å². The molecule has 5 nitrogen and oxygen atoms in total. The quantitative estimate of drug-likeness (QED) is 0.811. The Morgan fingerprint density at radius 2 is 2.28 bits per heavy atom. The van der Waals surface area contributed by atoms with Crippen LogP contribution in [0.15, 0.2) is 24.3 Å². The average molecular weight is 248 g/mol. The summed E-state index contributed by atoms with van der Waals surface area (Å²) in [5.41, 5.74) is 2.07. The number of aryl methyl sites for hydroxylation is 1. The molecule has 2 rings (SSSR count). The number of rotatable bonds is 2. The van der Waals surface area contributed by atoms with Gasteiger partial charge in [0.15, 0.2) is 0 Å². The highest BCUT2D eigenvalue weighted by Crippen LogP contribution is 2.18. The second-order valence-corrected chi connectivity index (χ2v) is 4.49. The van der Waals surface area contributed by atoms with Gasteiger partial charge in [0.05, 0.1) is 0 Å². The van der Waals surface area contributed by atoms with Crippen LogP contribution in [0.25, 0.3) is 0 Å². The lowest BCUT2D eigenvalue weighted by molar-refractivity contribution is -0.141. The highest BCUT2D eigenvalue weighted by molar-refractivity contribution is 5.85. The third-order valence-electron chi connectivity index (χ3n) is 3.01. The van der Waals surface area contributed by atoms with Crippen LogP contribution in [-0.4, -0.2) is 36.1 Å². The molecule has 96 valence electrons. The predicted octanol–water partition coefficient (Wildman–Crippen LogP) is 0.775. The first-order valence-corrected chi connectivity index (χ1v) is 5.90. The normalized spacial score (nSPS) is 20.2. The van der Waals surface area contributed by atoms with E-state index in [0.717, 1.165) is 11.3 Å². The smallest absolute Gasteiger partial charge is 0.328 e. The number of amides is 1. The van der Waals surface area contributed by atoms with E-state index in [9.17, 15) is 9.59 Å². The van der Waals surface area contributed by atoms with Crippen molar-refractivity contribution in [2.75, 3.05) is 18.0 Å². The number of carbonyl (C=O) groups is 2. The molecule has 0 saturated carbocycles. The zero-order chi connectivity index (χ0) is 13.1. The van der Waals surface area contributed by atoms with E-state index in [1.165, 1.54) is 0 Å². The monoisotopic (exact) mass is 248 g/mol. The Morgan fingerprint density at radius 3 is 2.94 bits per heavy atom. The molecule has 0 aromatic heterocycles. The number of hydrogen-bond acceptors (Lipinski definition) is 3. The molecule has 1 aromatic carbocycles. The minimum absolute atomic E-state index is 0.211. The maximum atomic E-state index is 11.4. The van der Waals surface area contributed by atoms with Crippen molar-refractivity contribution in [3.63, 3.8) is 0 Å². The molecule has 0 bridgehead atoms. The molecule has 1 amide bonds. The second kappa shape index (κ2) is 5.08. The molecule has 2 N–H and O–H groups in total. The third-order valence-corrected chi connectivity index (χ3v) is 3.01. The summed E-state index contributed by atoms with van der Waals surface area (Å²) < 4.78 is 0. The van der Waals surface area contributed by atoms with Gasteiger partial charge < -0.3 is 15.3 Å². The topological polar surface area (TPSA) is 69.6 Å². The number of nitrogens with zero attached hydrogens (tertiary/aromatic N) is 1. The van der Waals surface area contributed by atoms with E-state index in [0.29, 0.717) is 19.5 Å². The number of aliphatic carboxylic acids is 1. The molecule has 18 heavy (non-hydrogen) atoms. The molecule has 1 saturated heterocycles. The van der Waals surface area contributed by atoms with Gasteiger partial charge in [0.1, 0.15) is 6.04 Å². The molecule has 1 heterocycles. The number of carboxylic acids is 1. The summed E-state index contributed by atoms with van der Waals surface area (Å²) in [6.45, 7) is 2.82. The maximum Gasteiger partial charge on any atom is 0.328 e. The fourth-order valence-electron chi connectivity index (χ4n) is 2.06. The second-order valence-electron chi connectivity index (χ2n) is 4.49. The summed E-state index contributed by atoms with van der Waals surface area (Å²) in [4.78, 5) is 24.4. The Hall–Kier alpha value is -2.04. The Bertz CT molecular complexity index is 473. The van der Waals surface area contributed by atoms with Crippen molar-refractivity contribution in [2.24, 2.45) is 0 Å². The van der Waals surface area contributed by atoms with Crippen molar-refractivity contribution in [3.05, 3.63) is 29.8 Å². The molecule has 1 fully saturated rings. The average Bonchev–Trinajstić information content (AvgIpc) is 2.51. The summed E-state index contributed by atoms with van der Waals surface area (Å²) in [7, 11) is 0. The first-order valence-electron chi connectivity index (χ1n) is 5.90. The van der Waals surface area contributed by atoms with Gasteiger partial charge in [-0.2, -0.15) is 0 Å². The molecular formula is C13H16N2O3. The highest BCUT2D eigenvalue weighted by atomic mass is 16.4. The molecule has 1 atom stereocenters. The molecule has 5 heteroatoms. The van der Waals surface area contributed by atoms with Crippen LogP contribution in [0.3, 0.4) is 0 Å². The fraction of sp³-hybridized carbons (Fsp3) is 0.385. The Balaban J connectivity index is 2.22. The van der Waals surface area contributed by atoms with Crippen LogP contribution < -0.4 is 10.2 Å². The lowest BCUT2D eigenvalue weighted by atomic mass is 10.2. The van der Waals surface area contributed by atoms with Crippen LogP contribution in [0.1, 0.15) is 12.0 Å². The lowest BCUT2D eigenvalue weighted by Gasteiger charge is -2.24. The number of carbonyl (C=O) groups excluding carboxylic acids is 1. The van der Waals surface area contributed by atoms with Gasteiger partial charge >= 0.3 is 5.97 Å². The van der Waals surface area contributed by atoms with Crippen LogP contribution in [-0.2, 0) is 9.59 Å². The number of nitrogens with one attached hydrogen (secondary N) is 1. The molecule has 0 spiro atoms. The van der Waals surface area contributed by atoms with Gasteiger partial charge in [-0.25, -0.2) is 4.79 Å². The number of hydrogen-bond donors (Lipinski definition) is 2. The predicted molar refractivity (Wildman–Crippen MR) is 67.6 cm³/mol. The Morgan fingerprint density at radius 1 is 1.50 bits per heavy atom. The van der Waals surface area contributed by atoms with E-state index in [4.69, 9.17) is 5.11 Å². The first-order chi connectivity index (χ1) is 8.56. The largest absolute Gasteiger partial charge is 0.480 e. The molecular weight excluding hydrogens is 232 g/mol. The Labute approximate surface area is 105 Å². The standard InChI is InChI=1S/C13H16N2O3/c1-9-3-2-4-10(7-9)15-6-5-12(16)14-11(8-15)13(17)18/h2-4,7,11H,5-6,8H2,1H3,(H,14,16)(H,17,18). The number of anilines is 1. The van der Waals surface area contributed by atoms with Crippen LogP contribution in [0.2, 0.25) is 0 Å². The zero-order valence-electron chi connectivity index (χ0n) is 10.2. The van der Waals surface area contributed by atoms with Crippen molar-refractivity contribution < 1.29 is 14.7 Å². The van der Waals surface area contributed by atoms with E-state index in [1.54, 1.807) is 0 Å².